The normalized spacial score (nSPS) is 11.1. The van der Waals surface area contributed by atoms with E-state index in [-0.39, 0.29) is 0 Å². The number of fused-ring (bicyclic) bond motifs is 6. The number of hydrogen-bond donors (Lipinski definition) is 0. The Morgan fingerprint density at radius 3 is 1.80 bits per heavy atom. The van der Waals surface area contributed by atoms with Crippen molar-refractivity contribution in [1.29, 1.82) is 15.8 Å². The van der Waals surface area contributed by atoms with Crippen molar-refractivity contribution in [2.75, 3.05) is 0 Å². The van der Waals surface area contributed by atoms with Crippen LogP contribution in [0.15, 0.2) is 124 Å². The lowest BCUT2D eigenvalue weighted by atomic mass is 9.84. The summed E-state index contributed by atoms with van der Waals surface area (Å²) in [6.07, 6.45) is 0. The van der Waals surface area contributed by atoms with E-state index in [2.05, 4.69) is 24.3 Å². The summed E-state index contributed by atoms with van der Waals surface area (Å²) in [5.41, 5.74) is 8.30. The van der Waals surface area contributed by atoms with E-state index in [9.17, 15) is 15.8 Å². The molecule has 2 heterocycles. The van der Waals surface area contributed by atoms with Crippen molar-refractivity contribution < 1.29 is 8.83 Å². The molecule has 0 saturated heterocycles. The van der Waals surface area contributed by atoms with Crippen molar-refractivity contribution in [3.63, 3.8) is 0 Å². The first kappa shape index (κ1) is 25.1. The molecule has 2 aromatic heterocycles. The first-order chi connectivity index (χ1) is 21.7. The van der Waals surface area contributed by atoms with Gasteiger partial charge in [-0.25, -0.2) is 0 Å². The molecule has 6 aromatic carbocycles. The summed E-state index contributed by atoms with van der Waals surface area (Å²) in [6.45, 7) is 0. The first-order valence-corrected chi connectivity index (χ1v) is 14.0. The Morgan fingerprint density at radius 2 is 1.05 bits per heavy atom. The largest absolute Gasteiger partial charge is 0.456 e. The highest BCUT2D eigenvalue weighted by atomic mass is 16.3. The van der Waals surface area contributed by atoms with Crippen molar-refractivity contribution >= 4 is 43.9 Å². The Balaban J connectivity index is 1.50. The fraction of sp³-hybridized carbons (Fsp3) is 0. The molecule has 0 N–H and O–H groups in total. The van der Waals surface area contributed by atoms with Gasteiger partial charge >= 0.3 is 0 Å². The van der Waals surface area contributed by atoms with Gasteiger partial charge in [-0.2, -0.15) is 15.8 Å². The summed E-state index contributed by atoms with van der Waals surface area (Å²) < 4.78 is 12.3. The molecule has 8 aromatic rings. The van der Waals surface area contributed by atoms with Crippen LogP contribution >= 0.6 is 0 Å². The highest BCUT2D eigenvalue weighted by Crippen LogP contribution is 2.44. The van der Waals surface area contributed by atoms with Gasteiger partial charge < -0.3 is 8.83 Å². The maximum atomic E-state index is 10.7. The molecule has 0 bridgehead atoms. The van der Waals surface area contributed by atoms with Crippen molar-refractivity contribution in [3.05, 3.63) is 132 Å². The van der Waals surface area contributed by atoms with Crippen LogP contribution in [-0.2, 0) is 0 Å². The molecule has 5 heteroatoms. The van der Waals surface area contributed by atoms with Gasteiger partial charge in [0.05, 0.1) is 28.8 Å². The molecular weight excluding hydrogens is 542 g/mol. The minimum atomic E-state index is 0.326. The van der Waals surface area contributed by atoms with E-state index in [0.717, 1.165) is 55.0 Å². The van der Waals surface area contributed by atoms with E-state index in [1.807, 2.05) is 91.0 Å². The second-order valence-electron chi connectivity index (χ2n) is 10.6. The summed E-state index contributed by atoms with van der Waals surface area (Å²) in [5.74, 6) is 0. The van der Waals surface area contributed by atoms with Gasteiger partial charge in [-0.3, -0.25) is 0 Å². The summed E-state index contributed by atoms with van der Waals surface area (Å²) in [7, 11) is 0. The number of hydrogen-bond acceptors (Lipinski definition) is 5. The fourth-order valence-corrected chi connectivity index (χ4v) is 6.27. The van der Waals surface area contributed by atoms with Crippen LogP contribution in [0.1, 0.15) is 16.7 Å². The zero-order chi connectivity index (χ0) is 29.8. The van der Waals surface area contributed by atoms with E-state index < -0.39 is 0 Å². The minimum Gasteiger partial charge on any atom is -0.456 e. The second kappa shape index (κ2) is 9.74. The number of furan rings is 2. The monoisotopic (exact) mass is 561 g/mol. The Bertz CT molecular complexity index is 2570. The Morgan fingerprint density at radius 1 is 0.432 bits per heavy atom. The molecule has 202 valence electrons. The molecule has 5 nitrogen and oxygen atoms in total. The van der Waals surface area contributed by atoms with Gasteiger partial charge in [-0.05, 0) is 71.3 Å². The van der Waals surface area contributed by atoms with Crippen molar-refractivity contribution in [2.45, 2.75) is 0 Å². The van der Waals surface area contributed by atoms with Gasteiger partial charge in [-0.1, -0.05) is 60.7 Å². The van der Waals surface area contributed by atoms with Crippen LogP contribution in [0.25, 0.3) is 77.3 Å². The van der Waals surface area contributed by atoms with E-state index in [1.165, 1.54) is 0 Å². The lowest BCUT2D eigenvalue weighted by Crippen LogP contribution is -1.97. The first-order valence-electron chi connectivity index (χ1n) is 14.0. The molecule has 0 fully saturated rings. The number of rotatable bonds is 3. The second-order valence-corrected chi connectivity index (χ2v) is 10.6. The molecule has 0 aliphatic rings. The Labute approximate surface area is 251 Å². The summed E-state index contributed by atoms with van der Waals surface area (Å²) in [4.78, 5) is 0. The lowest BCUT2D eigenvalue weighted by Gasteiger charge is -2.16. The maximum absolute atomic E-state index is 10.7. The maximum Gasteiger partial charge on any atom is 0.136 e. The third-order valence-corrected chi connectivity index (χ3v) is 8.23. The van der Waals surface area contributed by atoms with Crippen LogP contribution in [0.5, 0.6) is 0 Å². The van der Waals surface area contributed by atoms with Crippen molar-refractivity contribution in [3.8, 4) is 51.6 Å². The van der Waals surface area contributed by atoms with Crippen LogP contribution in [0.4, 0.5) is 0 Å². The zero-order valence-electron chi connectivity index (χ0n) is 23.1. The van der Waals surface area contributed by atoms with Gasteiger partial charge in [0, 0.05) is 38.2 Å². The van der Waals surface area contributed by atoms with E-state index in [0.29, 0.717) is 39.0 Å². The van der Waals surface area contributed by atoms with Gasteiger partial charge in [0.1, 0.15) is 28.4 Å². The van der Waals surface area contributed by atoms with E-state index in [1.54, 1.807) is 18.2 Å². The van der Waals surface area contributed by atoms with Gasteiger partial charge in [0.25, 0.3) is 0 Å². The summed E-state index contributed by atoms with van der Waals surface area (Å²) >= 11 is 0. The standard InChI is InChI=1S/C39H19N3O2/c40-20-24-7-5-8-25(21-41)38(24)32-19-26(23-15-16-36-31(17-23)27-9-1-3-12-34(27)43-36)18-30(33(32)22-42)28-11-6-14-37-39(28)29-10-2-4-13-35(29)44-37/h1-19H. The molecular formula is C39H19N3O2. The topological polar surface area (TPSA) is 97.7 Å². The molecule has 0 spiro atoms. The highest BCUT2D eigenvalue weighted by molar-refractivity contribution is 6.14. The predicted octanol–water partition coefficient (Wildman–Crippen LogP) is 10.1. The fourth-order valence-electron chi connectivity index (χ4n) is 6.27. The van der Waals surface area contributed by atoms with Crippen LogP contribution in [0.2, 0.25) is 0 Å². The zero-order valence-corrected chi connectivity index (χ0v) is 23.1. The number of benzene rings is 6. The summed E-state index contributed by atoms with van der Waals surface area (Å²) in [5, 5.41) is 34.7. The quantitative estimate of drug-likeness (QED) is 0.214. The predicted molar refractivity (Wildman–Crippen MR) is 171 cm³/mol. The molecule has 0 atom stereocenters. The minimum absolute atomic E-state index is 0.326. The van der Waals surface area contributed by atoms with E-state index >= 15 is 0 Å². The van der Waals surface area contributed by atoms with Crippen molar-refractivity contribution in [1.82, 2.24) is 0 Å². The Hall–Kier alpha value is -6.61. The molecule has 8 rings (SSSR count). The van der Waals surface area contributed by atoms with Gasteiger partial charge in [0.2, 0.25) is 0 Å². The van der Waals surface area contributed by atoms with Crippen LogP contribution < -0.4 is 0 Å². The third-order valence-electron chi connectivity index (χ3n) is 8.23. The van der Waals surface area contributed by atoms with Gasteiger partial charge in [-0.15, -0.1) is 0 Å². The summed E-state index contributed by atoms with van der Waals surface area (Å²) in [6, 6.07) is 43.5. The van der Waals surface area contributed by atoms with Gasteiger partial charge in [0.15, 0.2) is 0 Å². The molecule has 0 aliphatic heterocycles. The lowest BCUT2D eigenvalue weighted by molar-refractivity contribution is 0.668. The van der Waals surface area contributed by atoms with Crippen molar-refractivity contribution in [2.24, 2.45) is 0 Å². The molecule has 0 saturated carbocycles. The van der Waals surface area contributed by atoms with Crippen LogP contribution in [-0.4, -0.2) is 0 Å². The SMILES string of the molecule is N#Cc1cccc(C#N)c1-c1cc(-c2ccc3oc4ccccc4c3c2)cc(-c2cccc3oc4ccccc4c23)c1C#N. The molecule has 0 aliphatic carbocycles. The average molecular weight is 562 g/mol. The number of nitriles is 3. The average Bonchev–Trinajstić information content (AvgIpc) is 3.65. The molecule has 0 amide bonds. The Kier molecular flexibility index (Phi) is 5.56. The number of para-hydroxylation sites is 2. The molecule has 0 radical (unpaired) electrons. The molecule has 0 unspecified atom stereocenters. The molecule has 44 heavy (non-hydrogen) atoms. The smallest absolute Gasteiger partial charge is 0.136 e. The van der Waals surface area contributed by atoms with Crippen LogP contribution in [0.3, 0.4) is 0 Å². The highest BCUT2D eigenvalue weighted by Gasteiger charge is 2.22. The van der Waals surface area contributed by atoms with Crippen LogP contribution in [0, 0.1) is 34.0 Å². The number of nitrogens with zero attached hydrogens (tertiary/aromatic N) is 3. The third kappa shape index (κ3) is 3.70. The van der Waals surface area contributed by atoms with E-state index in [4.69, 9.17) is 8.83 Å².